The van der Waals surface area contributed by atoms with Crippen LogP contribution in [0, 0.1) is 0 Å². The Balaban J connectivity index is 1.42. The van der Waals surface area contributed by atoms with E-state index in [-0.39, 0.29) is 17.3 Å². The molecule has 4 rings (SSSR count). The number of anilines is 4. The van der Waals surface area contributed by atoms with Gasteiger partial charge in [-0.05, 0) is 72.8 Å². The molecule has 0 aromatic heterocycles. The van der Waals surface area contributed by atoms with Crippen molar-refractivity contribution in [1.29, 1.82) is 0 Å². The largest absolute Gasteiger partial charge is 0.508 e. The maximum atomic E-state index is 13.0. The molecule has 0 unspecified atom stereocenters. The summed E-state index contributed by atoms with van der Waals surface area (Å²) >= 11 is 0. The topological polar surface area (TPSA) is 106 Å². The molecule has 0 saturated heterocycles. The zero-order valence-corrected chi connectivity index (χ0v) is 17.0. The minimum absolute atomic E-state index is 0.105. The summed E-state index contributed by atoms with van der Waals surface area (Å²) in [6.07, 6.45) is 0. The Hall–Kier alpha value is -4.65. The summed E-state index contributed by atoms with van der Waals surface area (Å²) in [6, 6.07) is 27.7. The Morgan fingerprint density at radius 1 is 0.500 bits per heavy atom. The molecule has 0 aliphatic rings. The summed E-state index contributed by atoms with van der Waals surface area (Å²) in [5, 5.41) is 18.7. The zero-order valence-electron chi connectivity index (χ0n) is 17.0. The monoisotopic (exact) mass is 426 g/mol. The van der Waals surface area contributed by atoms with Gasteiger partial charge in [-0.15, -0.1) is 0 Å². The number of aromatic hydroxyl groups is 2. The third kappa shape index (κ3) is 5.28. The highest BCUT2D eigenvalue weighted by Gasteiger charge is 2.10. The van der Waals surface area contributed by atoms with Gasteiger partial charge in [0.2, 0.25) is 0 Å². The maximum absolute atomic E-state index is 13.0. The maximum Gasteiger partial charge on any atom is 0.193 e. The minimum Gasteiger partial charge on any atom is -0.508 e. The molecule has 32 heavy (non-hydrogen) atoms. The molecule has 4 aromatic rings. The fraction of sp³-hybridized carbons (Fsp3) is 0. The molecule has 0 fully saturated rings. The lowest BCUT2D eigenvalue weighted by Gasteiger charge is -2.12. The molecule has 0 saturated carbocycles. The second-order valence-corrected chi connectivity index (χ2v) is 7.08. The van der Waals surface area contributed by atoms with Crippen molar-refractivity contribution in [3.05, 3.63) is 108 Å². The summed E-state index contributed by atoms with van der Waals surface area (Å²) in [7, 11) is 0. The number of ketones is 1. The second-order valence-electron chi connectivity index (χ2n) is 7.08. The Morgan fingerprint density at radius 2 is 0.875 bits per heavy atom. The quantitative estimate of drug-likeness (QED) is 0.131. The number of phenolic OH excluding ortho intramolecular Hbond substituents is 2. The van der Waals surface area contributed by atoms with Crippen LogP contribution < -0.4 is 21.7 Å². The van der Waals surface area contributed by atoms with Crippen LogP contribution in [0.2, 0.25) is 0 Å². The summed E-state index contributed by atoms with van der Waals surface area (Å²) in [6.45, 7) is 0. The van der Waals surface area contributed by atoms with Crippen molar-refractivity contribution >= 4 is 28.5 Å². The van der Waals surface area contributed by atoms with Crippen LogP contribution in [0.4, 0.5) is 22.7 Å². The van der Waals surface area contributed by atoms with Crippen molar-refractivity contribution in [3.8, 4) is 11.5 Å². The first-order valence-corrected chi connectivity index (χ1v) is 9.94. The molecular weight excluding hydrogens is 404 g/mol. The van der Waals surface area contributed by atoms with Gasteiger partial charge in [-0.1, -0.05) is 24.3 Å². The third-order valence-corrected chi connectivity index (χ3v) is 4.69. The van der Waals surface area contributed by atoms with Gasteiger partial charge in [0.05, 0.1) is 22.7 Å². The first kappa shape index (κ1) is 20.6. The van der Waals surface area contributed by atoms with Gasteiger partial charge in [-0.3, -0.25) is 4.79 Å². The highest BCUT2D eigenvalue weighted by atomic mass is 16.3. The van der Waals surface area contributed by atoms with Gasteiger partial charge in [0.25, 0.3) is 0 Å². The van der Waals surface area contributed by atoms with Crippen LogP contribution in [-0.4, -0.2) is 16.0 Å². The number of rotatable bonds is 8. The van der Waals surface area contributed by atoms with Gasteiger partial charge in [-0.2, -0.15) is 0 Å². The number of nitrogens with one attached hydrogen (secondary N) is 4. The van der Waals surface area contributed by atoms with Crippen LogP contribution >= 0.6 is 0 Å². The standard InChI is InChI=1S/C25H22N4O3/c30-23-11-7-19(8-12-23)26-28-21-5-1-3-17(15-21)25(32)18-4-2-6-22(16-18)29-27-20-9-13-24(31)14-10-20/h1-16,26-31H. The van der Waals surface area contributed by atoms with Crippen molar-refractivity contribution in [3.63, 3.8) is 0 Å². The van der Waals surface area contributed by atoms with E-state index in [2.05, 4.69) is 21.7 Å². The van der Waals surface area contributed by atoms with Crippen molar-refractivity contribution < 1.29 is 15.0 Å². The number of benzene rings is 4. The average molecular weight is 426 g/mol. The fourth-order valence-electron chi connectivity index (χ4n) is 3.02. The summed E-state index contributed by atoms with van der Waals surface area (Å²) < 4.78 is 0. The molecule has 7 heteroatoms. The van der Waals surface area contributed by atoms with Crippen LogP contribution in [0.25, 0.3) is 0 Å². The number of phenols is 2. The molecule has 0 bridgehead atoms. The molecule has 4 aromatic carbocycles. The number of hydrogen-bond acceptors (Lipinski definition) is 7. The Kier molecular flexibility index (Phi) is 6.08. The first-order valence-electron chi connectivity index (χ1n) is 9.94. The molecule has 7 nitrogen and oxygen atoms in total. The lowest BCUT2D eigenvalue weighted by Crippen LogP contribution is -2.10. The zero-order chi connectivity index (χ0) is 22.3. The Bertz CT molecular complexity index is 1110. The molecular formula is C25H22N4O3. The highest BCUT2D eigenvalue weighted by molar-refractivity contribution is 6.09. The number of hydrazine groups is 2. The van der Waals surface area contributed by atoms with Gasteiger partial charge >= 0.3 is 0 Å². The molecule has 0 radical (unpaired) electrons. The average Bonchev–Trinajstić information content (AvgIpc) is 2.83. The van der Waals surface area contributed by atoms with E-state index in [4.69, 9.17) is 0 Å². The van der Waals surface area contributed by atoms with Crippen LogP contribution in [-0.2, 0) is 0 Å². The van der Waals surface area contributed by atoms with E-state index < -0.39 is 0 Å². The van der Waals surface area contributed by atoms with Crippen molar-refractivity contribution in [1.82, 2.24) is 0 Å². The number of hydrogen-bond donors (Lipinski definition) is 6. The summed E-state index contributed by atoms with van der Waals surface area (Å²) in [5.41, 5.74) is 16.3. The van der Waals surface area contributed by atoms with Crippen LogP contribution in [0.1, 0.15) is 15.9 Å². The third-order valence-electron chi connectivity index (χ3n) is 4.69. The van der Waals surface area contributed by atoms with Gasteiger partial charge in [0.1, 0.15) is 11.5 Å². The van der Waals surface area contributed by atoms with E-state index in [0.717, 1.165) is 22.7 Å². The van der Waals surface area contributed by atoms with E-state index >= 15 is 0 Å². The van der Waals surface area contributed by atoms with E-state index in [0.29, 0.717) is 11.1 Å². The Morgan fingerprint density at radius 3 is 1.28 bits per heavy atom. The SMILES string of the molecule is O=C(c1cccc(NNc2ccc(O)cc2)c1)c1cccc(NNc2ccc(O)cc2)c1. The smallest absolute Gasteiger partial charge is 0.193 e. The summed E-state index contributed by atoms with van der Waals surface area (Å²) in [4.78, 5) is 13.0. The second kappa shape index (κ2) is 9.44. The first-order chi connectivity index (χ1) is 15.6. The Labute approximate surface area is 185 Å². The lowest BCUT2D eigenvalue weighted by atomic mass is 10.0. The van der Waals surface area contributed by atoms with E-state index in [9.17, 15) is 15.0 Å². The van der Waals surface area contributed by atoms with Crippen LogP contribution in [0.5, 0.6) is 11.5 Å². The van der Waals surface area contributed by atoms with Gasteiger partial charge < -0.3 is 31.9 Å². The van der Waals surface area contributed by atoms with E-state index in [1.54, 1.807) is 72.8 Å². The fourth-order valence-corrected chi connectivity index (χ4v) is 3.02. The predicted octanol–water partition coefficient (Wildman–Crippen LogP) is 5.21. The predicted molar refractivity (Wildman–Crippen MR) is 127 cm³/mol. The molecule has 0 heterocycles. The van der Waals surface area contributed by atoms with Crippen molar-refractivity contribution in [2.45, 2.75) is 0 Å². The van der Waals surface area contributed by atoms with E-state index in [1.165, 1.54) is 0 Å². The molecule has 160 valence electrons. The molecule has 6 N–H and O–H groups in total. The highest BCUT2D eigenvalue weighted by Crippen LogP contribution is 2.20. The lowest BCUT2D eigenvalue weighted by molar-refractivity contribution is 0.103. The van der Waals surface area contributed by atoms with Crippen molar-refractivity contribution in [2.75, 3.05) is 21.7 Å². The van der Waals surface area contributed by atoms with Crippen molar-refractivity contribution in [2.24, 2.45) is 0 Å². The van der Waals surface area contributed by atoms with Crippen LogP contribution in [0.3, 0.4) is 0 Å². The van der Waals surface area contributed by atoms with Gasteiger partial charge in [0.15, 0.2) is 5.78 Å². The normalized spacial score (nSPS) is 10.2. The minimum atomic E-state index is -0.105. The molecule has 0 spiro atoms. The molecule has 0 aliphatic carbocycles. The summed E-state index contributed by atoms with van der Waals surface area (Å²) in [5.74, 6) is 0.280. The van der Waals surface area contributed by atoms with Gasteiger partial charge in [0, 0.05) is 11.1 Å². The number of carbonyl (C=O) groups is 1. The van der Waals surface area contributed by atoms with E-state index in [1.807, 2.05) is 24.3 Å². The number of carbonyl (C=O) groups excluding carboxylic acids is 1. The van der Waals surface area contributed by atoms with Gasteiger partial charge in [-0.25, -0.2) is 0 Å². The molecule has 0 amide bonds. The van der Waals surface area contributed by atoms with Crippen LogP contribution in [0.15, 0.2) is 97.1 Å². The molecule has 0 atom stereocenters. The molecule has 0 aliphatic heterocycles.